The first-order valence-corrected chi connectivity index (χ1v) is 9.06. The van der Waals surface area contributed by atoms with E-state index in [0.717, 1.165) is 17.7 Å². The van der Waals surface area contributed by atoms with Crippen LogP contribution in [-0.2, 0) is 10.0 Å². The van der Waals surface area contributed by atoms with Gasteiger partial charge in [-0.2, -0.15) is 4.31 Å². The van der Waals surface area contributed by atoms with E-state index in [2.05, 4.69) is 5.32 Å². The molecule has 1 unspecified atom stereocenters. The molecule has 1 saturated heterocycles. The van der Waals surface area contributed by atoms with E-state index in [4.69, 9.17) is 0 Å². The molecule has 0 bridgehead atoms. The molecule has 0 radical (unpaired) electrons. The number of piperidine rings is 1. The largest absolute Gasteiger partial charge is 0.316 e. The normalized spacial score (nSPS) is 20.4. The van der Waals surface area contributed by atoms with Gasteiger partial charge < -0.3 is 5.32 Å². The number of nitrogens with zero attached hydrogens (tertiary/aromatic N) is 1. The fourth-order valence-electron chi connectivity index (χ4n) is 2.31. The highest BCUT2D eigenvalue weighted by molar-refractivity contribution is 7.98. The van der Waals surface area contributed by atoms with Gasteiger partial charge in [-0.15, -0.1) is 24.2 Å². The lowest BCUT2D eigenvalue weighted by Crippen LogP contribution is -2.46. The lowest BCUT2D eigenvalue weighted by molar-refractivity contribution is 0.293. The van der Waals surface area contributed by atoms with Crippen LogP contribution in [0.1, 0.15) is 12.8 Å². The summed E-state index contributed by atoms with van der Waals surface area (Å²) in [5, 5.41) is 3.17. The van der Waals surface area contributed by atoms with Gasteiger partial charge in [-0.1, -0.05) is 6.07 Å². The number of hydrogen-bond acceptors (Lipinski definition) is 4. The molecule has 1 aliphatic rings. The molecular formula is C13H21ClN2O2S2. The second-order valence-corrected chi connectivity index (χ2v) is 7.49. The molecule has 7 heteroatoms. The van der Waals surface area contributed by atoms with Crippen LogP contribution in [0.3, 0.4) is 0 Å². The van der Waals surface area contributed by atoms with Gasteiger partial charge >= 0.3 is 0 Å². The van der Waals surface area contributed by atoms with Crippen molar-refractivity contribution in [3.8, 4) is 0 Å². The maximum atomic E-state index is 12.6. The first-order chi connectivity index (χ1) is 9.07. The van der Waals surface area contributed by atoms with Crippen molar-refractivity contribution >= 4 is 34.2 Å². The van der Waals surface area contributed by atoms with Crippen molar-refractivity contribution in [2.24, 2.45) is 0 Å². The van der Waals surface area contributed by atoms with Crippen LogP contribution in [0, 0.1) is 0 Å². The summed E-state index contributed by atoms with van der Waals surface area (Å²) in [7, 11) is -1.47. The monoisotopic (exact) mass is 336 g/mol. The Bertz CT molecular complexity index is 537. The van der Waals surface area contributed by atoms with Crippen LogP contribution in [-0.4, -0.2) is 45.2 Å². The quantitative estimate of drug-likeness (QED) is 0.856. The third-order valence-electron chi connectivity index (χ3n) is 3.47. The van der Waals surface area contributed by atoms with Gasteiger partial charge in [-0.05, 0) is 44.3 Å². The third-order valence-corrected chi connectivity index (χ3v) is 6.06. The van der Waals surface area contributed by atoms with Crippen LogP contribution in [0.2, 0.25) is 0 Å². The van der Waals surface area contributed by atoms with Gasteiger partial charge in [-0.3, -0.25) is 0 Å². The highest BCUT2D eigenvalue weighted by Gasteiger charge is 2.29. The highest BCUT2D eigenvalue weighted by atomic mass is 35.5. The van der Waals surface area contributed by atoms with Gasteiger partial charge in [-0.25, -0.2) is 8.42 Å². The Balaban J connectivity index is 0.00000200. The Morgan fingerprint density at radius 2 is 2.15 bits per heavy atom. The summed E-state index contributed by atoms with van der Waals surface area (Å²) in [5.74, 6) is 0. The molecule has 1 fully saturated rings. The van der Waals surface area contributed by atoms with Gasteiger partial charge in [0.1, 0.15) is 0 Å². The minimum absolute atomic E-state index is 0. The van der Waals surface area contributed by atoms with Crippen molar-refractivity contribution in [2.45, 2.75) is 28.7 Å². The summed E-state index contributed by atoms with van der Waals surface area (Å²) in [5.41, 5.74) is 0. The van der Waals surface area contributed by atoms with Crippen molar-refractivity contribution in [1.82, 2.24) is 9.62 Å². The molecule has 0 spiro atoms. The van der Waals surface area contributed by atoms with Crippen LogP contribution in [0.15, 0.2) is 34.1 Å². The van der Waals surface area contributed by atoms with E-state index in [9.17, 15) is 8.42 Å². The molecule has 1 atom stereocenters. The van der Waals surface area contributed by atoms with E-state index in [1.807, 2.05) is 19.4 Å². The molecule has 0 saturated carbocycles. The first kappa shape index (κ1) is 17.8. The minimum atomic E-state index is -3.36. The summed E-state index contributed by atoms with van der Waals surface area (Å²) >= 11 is 1.56. The number of thioether (sulfide) groups is 1. The van der Waals surface area contributed by atoms with Crippen LogP contribution in [0.5, 0.6) is 0 Å². The molecule has 1 heterocycles. The second kappa shape index (κ2) is 7.66. The molecule has 1 aromatic rings. The lowest BCUT2D eigenvalue weighted by atomic mass is 10.1. The Kier molecular flexibility index (Phi) is 6.81. The molecule has 0 aliphatic carbocycles. The highest BCUT2D eigenvalue weighted by Crippen LogP contribution is 2.24. The van der Waals surface area contributed by atoms with Gasteiger partial charge in [0.05, 0.1) is 4.90 Å². The maximum absolute atomic E-state index is 12.6. The smallest absolute Gasteiger partial charge is 0.243 e. The number of sulfonamides is 1. The average molecular weight is 337 g/mol. The minimum Gasteiger partial charge on any atom is -0.316 e. The molecular weight excluding hydrogens is 316 g/mol. The van der Waals surface area contributed by atoms with Crippen LogP contribution in [0.25, 0.3) is 0 Å². The Labute approximate surface area is 131 Å². The fraction of sp³-hybridized carbons (Fsp3) is 0.538. The Morgan fingerprint density at radius 1 is 1.40 bits per heavy atom. The van der Waals surface area contributed by atoms with E-state index in [1.165, 1.54) is 0 Å². The molecule has 2 rings (SSSR count). The van der Waals surface area contributed by atoms with Crippen LogP contribution >= 0.6 is 24.2 Å². The second-order valence-electron chi connectivity index (χ2n) is 4.67. The lowest BCUT2D eigenvalue weighted by Gasteiger charge is -2.31. The first-order valence-electron chi connectivity index (χ1n) is 6.39. The molecule has 1 aromatic carbocycles. The molecule has 0 aromatic heterocycles. The van der Waals surface area contributed by atoms with Gasteiger partial charge in [0.2, 0.25) is 10.0 Å². The SMILES string of the molecule is CNC1CCCN(S(=O)(=O)c2cccc(SC)c2)C1.Cl. The van der Waals surface area contributed by atoms with Gasteiger partial charge in [0.15, 0.2) is 0 Å². The number of halogens is 1. The Hall–Kier alpha value is -0.270. The van der Waals surface area contributed by atoms with Crippen LogP contribution in [0.4, 0.5) is 0 Å². The number of likely N-dealkylation sites (N-methyl/N-ethyl adjacent to an activating group) is 1. The zero-order chi connectivity index (χ0) is 13.9. The molecule has 1 aliphatic heterocycles. The summed E-state index contributed by atoms with van der Waals surface area (Å²) in [4.78, 5) is 1.37. The van der Waals surface area contributed by atoms with Crippen molar-refractivity contribution in [2.75, 3.05) is 26.4 Å². The summed E-state index contributed by atoms with van der Waals surface area (Å²) in [6, 6.07) is 7.42. The zero-order valence-corrected chi connectivity index (χ0v) is 14.2. The zero-order valence-electron chi connectivity index (χ0n) is 11.7. The van der Waals surface area contributed by atoms with E-state index in [-0.39, 0.29) is 18.4 Å². The molecule has 1 N–H and O–H groups in total. The van der Waals surface area contributed by atoms with E-state index >= 15 is 0 Å². The topological polar surface area (TPSA) is 49.4 Å². The van der Waals surface area contributed by atoms with E-state index in [1.54, 1.807) is 34.3 Å². The van der Waals surface area contributed by atoms with Gasteiger partial charge in [0, 0.05) is 24.0 Å². The summed E-state index contributed by atoms with van der Waals surface area (Å²) in [6.45, 7) is 1.17. The molecule has 114 valence electrons. The van der Waals surface area contributed by atoms with Crippen molar-refractivity contribution in [1.29, 1.82) is 0 Å². The van der Waals surface area contributed by atoms with Crippen molar-refractivity contribution < 1.29 is 8.42 Å². The molecule has 20 heavy (non-hydrogen) atoms. The molecule has 4 nitrogen and oxygen atoms in total. The maximum Gasteiger partial charge on any atom is 0.243 e. The number of benzene rings is 1. The summed E-state index contributed by atoms with van der Waals surface area (Å²) in [6.07, 6.45) is 3.89. The number of rotatable bonds is 4. The fourth-order valence-corrected chi connectivity index (χ4v) is 4.41. The predicted octanol–water partition coefficient (Wildman–Crippen LogP) is 2.20. The number of nitrogens with one attached hydrogen (secondary N) is 1. The van der Waals surface area contributed by atoms with Crippen molar-refractivity contribution in [3.63, 3.8) is 0 Å². The third kappa shape index (κ3) is 3.89. The summed E-state index contributed by atoms with van der Waals surface area (Å²) < 4.78 is 26.8. The van der Waals surface area contributed by atoms with Crippen LogP contribution < -0.4 is 5.32 Å². The van der Waals surface area contributed by atoms with E-state index in [0.29, 0.717) is 18.0 Å². The predicted molar refractivity (Wildman–Crippen MR) is 86.3 cm³/mol. The number of hydrogen-bond donors (Lipinski definition) is 1. The average Bonchev–Trinajstić information content (AvgIpc) is 2.47. The van der Waals surface area contributed by atoms with Gasteiger partial charge in [0.25, 0.3) is 0 Å². The Morgan fingerprint density at radius 3 is 2.80 bits per heavy atom. The van der Waals surface area contributed by atoms with Crippen molar-refractivity contribution in [3.05, 3.63) is 24.3 Å². The molecule has 0 amide bonds. The van der Waals surface area contributed by atoms with E-state index < -0.39 is 10.0 Å². The standard InChI is InChI=1S/C13H20N2O2S2.ClH/c1-14-11-5-4-8-15(10-11)19(16,17)13-7-3-6-12(9-13)18-2;/h3,6-7,9,11,14H,4-5,8,10H2,1-2H3;1H.